The molecule has 1 atom stereocenters. The van der Waals surface area contributed by atoms with Crippen molar-refractivity contribution >= 4 is 5.91 Å². The number of carbonyl (C=O) groups is 1. The van der Waals surface area contributed by atoms with E-state index in [1.807, 2.05) is 18.2 Å². The van der Waals surface area contributed by atoms with E-state index in [0.717, 1.165) is 32.5 Å². The van der Waals surface area contributed by atoms with Gasteiger partial charge in [0.1, 0.15) is 0 Å². The van der Waals surface area contributed by atoms with Crippen molar-refractivity contribution in [3.05, 3.63) is 35.9 Å². The van der Waals surface area contributed by atoms with Gasteiger partial charge in [-0.05, 0) is 24.9 Å². The molecule has 1 aliphatic heterocycles. The SMILES string of the molecule is CCN1CCC(NC(=O)[C@H](O)c2ccccc2)CC1. The zero-order valence-corrected chi connectivity index (χ0v) is 11.4. The van der Waals surface area contributed by atoms with Gasteiger partial charge in [0, 0.05) is 19.1 Å². The highest BCUT2D eigenvalue weighted by molar-refractivity contribution is 5.82. The van der Waals surface area contributed by atoms with Gasteiger partial charge in [-0.1, -0.05) is 37.3 Å². The lowest BCUT2D eigenvalue weighted by Gasteiger charge is -2.31. The summed E-state index contributed by atoms with van der Waals surface area (Å²) in [7, 11) is 0. The predicted molar refractivity (Wildman–Crippen MR) is 74.7 cm³/mol. The van der Waals surface area contributed by atoms with Crippen LogP contribution in [0.1, 0.15) is 31.4 Å². The molecule has 0 aromatic heterocycles. The van der Waals surface area contributed by atoms with Crippen LogP contribution in [0, 0.1) is 0 Å². The van der Waals surface area contributed by atoms with Crippen LogP contribution in [0.2, 0.25) is 0 Å². The number of nitrogens with zero attached hydrogens (tertiary/aromatic N) is 1. The summed E-state index contributed by atoms with van der Waals surface area (Å²) in [6.45, 7) is 5.25. The van der Waals surface area contributed by atoms with Crippen LogP contribution >= 0.6 is 0 Å². The standard InChI is InChI=1S/C15H22N2O2/c1-2-17-10-8-13(9-11-17)16-15(19)14(18)12-6-4-3-5-7-12/h3-7,13-14,18H,2,8-11H2,1H3,(H,16,19)/t14-/m1/s1. The monoisotopic (exact) mass is 262 g/mol. The molecule has 104 valence electrons. The van der Waals surface area contributed by atoms with Gasteiger partial charge in [0.25, 0.3) is 5.91 Å². The van der Waals surface area contributed by atoms with Crippen molar-refractivity contribution < 1.29 is 9.90 Å². The van der Waals surface area contributed by atoms with E-state index < -0.39 is 6.10 Å². The zero-order chi connectivity index (χ0) is 13.7. The number of likely N-dealkylation sites (tertiary alicyclic amines) is 1. The predicted octanol–water partition coefficient (Wildman–Crippen LogP) is 1.32. The Bertz CT molecular complexity index is 400. The van der Waals surface area contributed by atoms with Gasteiger partial charge in [0.05, 0.1) is 0 Å². The lowest BCUT2D eigenvalue weighted by molar-refractivity contribution is -0.130. The van der Waals surface area contributed by atoms with Crippen LogP contribution in [0.5, 0.6) is 0 Å². The summed E-state index contributed by atoms with van der Waals surface area (Å²) in [6, 6.07) is 9.24. The lowest BCUT2D eigenvalue weighted by Crippen LogP contribution is -2.45. The lowest BCUT2D eigenvalue weighted by atomic mass is 10.0. The van der Waals surface area contributed by atoms with Gasteiger partial charge in [-0.2, -0.15) is 0 Å². The average Bonchev–Trinajstić information content (AvgIpc) is 2.48. The van der Waals surface area contributed by atoms with Crippen LogP contribution in [-0.4, -0.2) is 41.6 Å². The fourth-order valence-corrected chi connectivity index (χ4v) is 2.46. The Morgan fingerprint density at radius 3 is 2.58 bits per heavy atom. The van der Waals surface area contributed by atoms with Gasteiger partial charge in [-0.25, -0.2) is 0 Å². The first kappa shape index (κ1) is 14.0. The molecule has 1 aliphatic rings. The first-order chi connectivity index (χ1) is 9.20. The Morgan fingerprint density at radius 1 is 1.37 bits per heavy atom. The summed E-state index contributed by atoms with van der Waals surface area (Å²) in [5.74, 6) is -0.291. The fourth-order valence-electron chi connectivity index (χ4n) is 2.46. The van der Waals surface area contributed by atoms with E-state index in [1.165, 1.54) is 0 Å². The molecule has 4 heteroatoms. The summed E-state index contributed by atoms with van der Waals surface area (Å²) in [5.41, 5.74) is 0.644. The van der Waals surface area contributed by atoms with Gasteiger partial charge in [-0.3, -0.25) is 4.79 Å². The van der Waals surface area contributed by atoms with Gasteiger partial charge in [0.15, 0.2) is 6.10 Å². The molecule has 1 aromatic carbocycles. The minimum Gasteiger partial charge on any atom is -0.378 e. The molecule has 1 heterocycles. The summed E-state index contributed by atoms with van der Waals surface area (Å²) in [6.07, 6.45) is 0.854. The summed E-state index contributed by atoms with van der Waals surface area (Å²) in [4.78, 5) is 14.4. The molecule has 4 nitrogen and oxygen atoms in total. The maximum Gasteiger partial charge on any atom is 0.253 e. The van der Waals surface area contributed by atoms with E-state index in [9.17, 15) is 9.90 Å². The number of aliphatic hydroxyl groups is 1. The first-order valence-electron chi connectivity index (χ1n) is 6.96. The highest BCUT2D eigenvalue weighted by Gasteiger charge is 2.23. The number of hydrogen-bond donors (Lipinski definition) is 2. The molecule has 0 bridgehead atoms. The molecule has 0 aliphatic carbocycles. The molecule has 2 N–H and O–H groups in total. The number of hydrogen-bond acceptors (Lipinski definition) is 3. The number of nitrogens with one attached hydrogen (secondary N) is 1. The van der Waals surface area contributed by atoms with Crippen LogP contribution in [0.15, 0.2) is 30.3 Å². The maximum atomic E-state index is 12.0. The molecule has 1 amide bonds. The third-order valence-electron chi connectivity index (χ3n) is 3.74. The molecule has 0 saturated carbocycles. The number of aliphatic hydroxyl groups excluding tert-OH is 1. The average molecular weight is 262 g/mol. The minimum absolute atomic E-state index is 0.189. The molecule has 0 unspecified atom stereocenters. The molecule has 19 heavy (non-hydrogen) atoms. The smallest absolute Gasteiger partial charge is 0.253 e. The highest BCUT2D eigenvalue weighted by atomic mass is 16.3. The Balaban J connectivity index is 1.85. The number of piperidine rings is 1. The summed E-state index contributed by atoms with van der Waals surface area (Å²) in [5, 5.41) is 12.9. The third kappa shape index (κ3) is 3.78. The van der Waals surface area contributed by atoms with Crippen molar-refractivity contribution in [2.45, 2.75) is 31.9 Å². The van der Waals surface area contributed by atoms with E-state index in [1.54, 1.807) is 12.1 Å². The summed E-state index contributed by atoms with van der Waals surface area (Å²) < 4.78 is 0. The van der Waals surface area contributed by atoms with E-state index in [4.69, 9.17) is 0 Å². The van der Waals surface area contributed by atoms with Crippen molar-refractivity contribution in [2.75, 3.05) is 19.6 Å². The highest BCUT2D eigenvalue weighted by Crippen LogP contribution is 2.15. The van der Waals surface area contributed by atoms with E-state index in [-0.39, 0.29) is 11.9 Å². The van der Waals surface area contributed by atoms with Crippen molar-refractivity contribution in [2.24, 2.45) is 0 Å². The molecule has 1 saturated heterocycles. The van der Waals surface area contributed by atoms with Crippen molar-refractivity contribution in [3.8, 4) is 0 Å². The largest absolute Gasteiger partial charge is 0.378 e. The quantitative estimate of drug-likeness (QED) is 0.860. The van der Waals surface area contributed by atoms with Crippen LogP contribution in [0.4, 0.5) is 0 Å². The molecule has 1 aromatic rings. The van der Waals surface area contributed by atoms with Crippen LogP contribution in [0.25, 0.3) is 0 Å². The number of carbonyl (C=O) groups excluding carboxylic acids is 1. The Labute approximate surface area is 114 Å². The Kier molecular flexibility index (Phi) is 4.93. The zero-order valence-electron chi connectivity index (χ0n) is 11.4. The van der Waals surface area contributed by atoms with Gasteiger partial charge in [-0.15, -0.1) is 0 Å². The van der Waals surface area contributed by atoms with Crippen LogP contribution in [-0.2, 0) is 4.79 Å². The second-order valence-corrected chi connectivity index (χ2v) is 5.03. The van der Waals surface area contributed by atoms with E-state index >= 15 is 0 Å². The van der Waals surface area contributed by atoms with E-state index in [2.05, 4.69) is 17.1 Å². The molecule has 1 fully saturated rings. The number of amides is 1. The molecule has 0 radical (unpaired) electrons. The number of benzene rings is 1. The van der Waals surface area contributed by atoms with Crippen molar-refractivity contribution in [1.82, 2.24) is 10.2 Å². The van der Waals surface area contributed by atoms with E-state index in [0.29, 0.717) is 5.56 Å². The van der Waals surface area contributed by atoms with Gasteiger partial charge in [0.2, 0.25) is 0 Å². The minimum atomic E-state index is -1.06. The van der Waals surface area contributed by atoms with Crippen molar-refractivity contribution in [1.29, 1.82) is 0 Å². The molecular formula is C15H22N2O2. The second kappa shape index (κ2) is 6.68. The third-order valence-corrected chi connectivity index (χ3v) is 3.74. The second-order valence-electron chi connectivity index (χ2n) is 5.03. The maximum absolute atomic E-state index is 12.0. The Morgan fingerprint density at radius 2 is 2.00 bits per heavy atom. The number of rotatable bonds is 4. The van der Waals surface area contributed by atoms with Crippen molar-refractivity contribution in [3.63, 3.8) is 0 Å². The molecule has 0 spiro atoms. The fraction of sp³-hybridized carbons (Fsp3) is 0.533. The molecule has 2 rings (SSSR count). The van der Waals surface area contributed by atoms with Crippen LogP contribution < -0.4 is 5.32 Å². The normalized spacial score (nSPS) is 19.1. The Hall–Kier alpha value is -1.39. The van der Waals surface area contributed by atoms with Gasteiger partial charge >= 0.3 is 0 Å². The van der Waals surface area contributed by atoms with Gasteiger partial charge < -0.3 is 15.3 Å². The topological polar surface area (TPSA) is 52.6 Å². The summed E-state index contributed by atoms with van der Waals surface area (Å²) >= 11 is 0. The van der Waals surface area contributed by atoms with Crippen LogP contribution in [0.3, 0.4) is 0 Å². The first-order valence-corrected chi connectivity index (χ1v) is 6.96. The molecular weight excluding hydrogens is 240 g/mol.